The normalized spacial score (nSPS) is 10.7. The number of amides is 1. The Hall–Kier alpha value is -3.22. The monoisotopic (exact) mass is 366 g/mol. The Kier molecular flexibility index (Phi) is 5.49. The van der Waals surface area contributed by atoms with Gasteiger partial charge >= 0.3 is 0 Å². The maximum absolute atomic E-state index is 12.6. The summed E-state index contributed by atoms with van der Waals surface area (Å²) in [5, 5.41) is 3.88. The fourth-order valence-corrected chi connectivity index (χ4v) is 2.74. The number of pyridine rings is 1. The minimum Gasteiger partial charge on any atom is -0.481 e. The van der Waals surface area contributed by atoms with Gasteiger partial charge in [0.15, 0.2) is 5.82 Å². The van der Waals surface area contributed by atoms with Crippen molar-refractivity contribution >= 4 is 5.91 Å². The number of nitrogens with zero attached hydrogens (tertiary/aromatic N) is 4. The summed E-state index contributed by atoms with van der Waals surface area (Å²) < 4.78 is 10.2. The molecule has 0 aliphatic rings. The van der Waals surface area contributed by atoms with Gasteiger partial charge in [0.25, 0.3) is 5.91 Å². The van der Waals surface area contributed by atoms with Crippen LogP contribution in [0.25, 0.3) is 11.1 Å². The van der Waals surface area contributed by atoms with Crippen molar-refractivity contribution in [3.63, 3.8) is 0 Å². The number of methoxy groups -OCH3 is 1. The zero-order valence-corrected chi connectivity index (χ0v) is 15.9. The highest BCUT2D eigenvalue weighted by atomic mass is 16.5. The minimum absolute atomic E-state index is 0.103. The molecule has 1 aromatic carbocycles. The van der Waals surface area contributed by atoms with Gasteiger partial charge in [-0.05, 0) is 30.2 Å². The Bertz CT molecular complexity index is 935. The van der Waals surface area contributed by atoms with E-state index in [4.69, 9.17) is 9.26 Å². The van der Waals surface area contributed by atoms with Gasteiger partial charge in [-0.15, -0.1) is 0 Å². The first-order valence-corrected chi connectivity index (χ1v) is 8.69. The second-order valence-corrected chi connectivity index (χ2v) is 6.24. The summed E-state index contributed by atoms with van der Waals surface area (Å²) in [5.74, 6) is 1.55. The standard InChI is InChI=1S/C20H22N4O3/c1-5-18-22-17(23-27-18)12-24(3)20(25)15-8-6-14(7-9-15)16-11-21-19(26-4)10-13(16)2/h6-11H,5,12H2,1-4H3. The van der Waals surface area contributed by atoms with E-state index in [9.17, 15) is 4.79 Å². The Morgan fingerprint density at radius 3 is 2.59 bits per heavy atom. The van der Waals surface area contributed by atoms with Crippen molar-refractivity contribution in [2.24, 2.45) is 0 Å². The molecule has 0 saturated carbocycles. The number of rotatable bonds is 6. The molecule has 7 nitrogen and oxygen atoms in total. The molecule has 2 heterocycles. The highest BCUT2D eigenvalue weighted by Crippen LogP contribution is 2.25. The number of benzene rings is 1. The van der Waals surface area contributed by atoms with Gasteiger partial charge in [0, 0.05) is 36.9 Å². The van der Waals surface area contributed by atoms with Crippen LogP contribution in [-0.2, 0) is 13.0 Å². The van der Waals surface area contributed by atoms with E-state index in [-0.39, 0.29) is 5.91 Å². The van der Waals surface area contributed by atoms with Gasteiger partial charge in [0.05, 0.1) is 13.7 Å². The van der Waals surface area contributed by atoms with E-state index >= 15 is 0 Å². The van der Waals surface area contributed by atoms with Gasteiger partial charge in [0.2, 0.25) is 11.8 Å². The molecule has 140 valence electrons. The van der Waals surface area contributed by atoms with Crippen LogP contribution in [0.1, 0.15) is 34.6 Å². The number of aryl methyl sites for hydroxylation is 2. The van der Waals surface area contributed by atoms with Gasteiger partial charge in [-0.25, -0.2) is 4.98 Å². The molecule has 3 rings (SSSR count). The molecule has 0 atom stereocenters. The summed E-state index contributed by atoms with van der Waals surface area (Å²) in [7, 11) is 3.31. The van der Waals surface area contributed by atoms with E-state index in [1.54, 1.807) is 25.3 Å². The molecule has 0 fully saturated rings. The number of hydrogen-bond donors (Lipinski definition) is 0. The fraction of sp³-hybridized carbons (Fsp3) is 0.300. The molecule has 1 amide bonds. The predicted octanol–water partition coefficient (Wildman–Crippen LogP) is 3.28. The van der Waals surface area contributed by atoms with E-state index in [2.05, 4.69) is 15.1 Å². The molecule has 0 saturated heterocycles. The summed E-state index contributed by atoms with van der Waals surface area (Å²) in [6.07, 6.45) is 2.45. The van der Waals surface area contributed by atoms with Crippen LogP contribution < -0.4 is 4.74 Å². The summed E-state index contributed by atoms with van der Waals surface area (Å²) >= 11 is 0. The van der Waals surface area contributed by atoms with Crippen molar-refractivity contribution in [2.45, 2.75) is 26.8 Å². The average molecular weight is 366 g/mol. The molecule has 2 aromatic heterocycles. The third kappa shape index (κ3) is 4.13. The molecule has 0 aliphatic carbocycles. The van der Waals surface area contributed by atoms with Crippen molar-refractivity contribution in [3.05, 3.63) is 59.4 Å². The minimum atomic E-state index is -0.103. The molecule has 0 unspecified atom stereocenters. The highest BCUT2D eigenvalue weighted by molar-refractivity contribution is 5.94. The molecule has 0 aliphatic heterocycles. The zero-order valence-electron chi connectivity index (χ0n) is 15.9. The lowest BCUT2D eigenvalue weighted by atomic mass is 10.0. The van der Waals surface area contributed by atoms with Crippen molar-refractivity contribution in [3.8, 4) is 17.0 Å². The summed E-state index contributed by atoms with van der Waals surface area (Å²) in [6, 6.07) is 9.34. The van der Waals surface area contributed by atoms with Crippen LogP contribution in [0, 0.1) is 6.92 Å². The molecular weight excluding hydrogens is 344 g/mol. The quantitative estimate of drug-likeness (QED) is 0.666. The van der Waals surface area contributed by atoms with Crippen LogP contribution in [0.5, 0.6) is 5.88 Å². The summed E-state index contributed by atoms with van der Waals surface area (Å²) in [5.41, 5.74) is 3.65. The van der Waals surface area contributed by atoms with Crippen LogP contribution in [-0.4, -0.2) is 40.1 Å². The summed E-state index contributed by atoms with van der Waals surface area (Å²) in [6.45, 7) is 4.24. The van der Waals surface area contributed by atoms with Crippen LogP contribution in [0.4, 0.5) is 0 Å². The molecule has 27 heavy (non-hydrogen) atoms. The lowest BCUT2D eigenvalue weighted by Crippen LogP contribution is -2.26. The number of hydrogen-bond acceptors (Lipinski definition) is 6. The van der Waals surface area contributed by atoms with Gasteiger partial charge in [-0.1, -0.05) is 24.2 Å². The Balaban J connectivity index is 1.73. The van der Waals surface area contributed by atoms with Gasteiger partial charge in [0.1, 0.15) is 0 Å². The van der Waals surface area contributed by atoms with Gasteiger partial charge in [-0.3, -0.25) is 4.79 Å². The lowest BCUT2D eigenvalue weighted by Gasteiger charge is -2.15. The topological polar surface area (TPSA) is 81.4 Å². The number of carbonyl (C=O) groups excluding carboxylic acids is 1. The second kappa shape index (κ2) is 7.99. The first-order chi connectivity index (χ1) is 13.0. The fourth-order valence-electron chi connectivity index (χ4n) is 2.74. The third-order valence-corrected chi connectivity index (χ3v) is 4.28. The molecule has 0 bridgehead atoms. The maximum atomic E-state index is 12.6. The highest BCUT2D eigenvalue weighted by Gasteiger charge is 2.15. The number of ether oxygens (including phenoxy) is 1. The Morgan fingerprint density at radius 2 is 2.00 bits per heavy atom. The van der Waals surface area contributed by atoms with E-state index in [1.165, 1.54) is 0 Å². The molecule has 0 radical (unpaired) electrons. The van der Waals surface area contributed by atoms with E-state index in [0.29, 0.717) is 36.1 Å². The second-order valence-electron chi connectivity index (χ2n) is 6.24. The van der Waals surface area contributed by atoms with Crippen molar-refractivity contribution < 1.29 is 14.1 Å². The smallest absolute Gasteiger partial charge is 0.254 e. The van der Waals surface area contributed by atoms with E-state index in [1.807, 2.05) is 44.2 Å². The number of carbonyl (C=O) groups is 1. The largest absolute Gasteiger partial charge is 0.481 e. The maximum Gasteiger partial charge on any atom is 0.254 e. The third-order valence-electron chi connectivity index (χ3n) is 4.28. The number of aromatic nitrogens is 3. The Morgan fingerprint density at radius 1 is 1.26 bits per heavy atom. The molecule has 7 heteroatoms. The first-order valence-electron chi connectivity index (χ1n) is 8.69. The predicted molar refractivity (Wildman–Crippen MR) is 100 cm³/mol. The molecule has 3 aromatic rings. The molecule has 0 N–H and O–H groups in total. The Labute approximate surface area is 158 Å². The lowest BCUT2D eigenvalue weighted by molar-refractivity contribution is 0.0780. The van der Waals surface area contributed by atoms with Crippen LogP contribution in [0.3, 0.4) is 0 Å². The average Bonchev–Trinajstić information content (AvgIpc) is 3.15. The van der Waals surface area contributed by atoms with Crippen LogP contribution in [0.2, 0.25) is 0 Å². The van der Waals surface area contributed by atoms with Crippen LogP contribution >= 0.6 is 0 Å². The zero-order chi connectivity index (χ0) is 19.4. The molecular formula is C20H22N4O3. The van der Waals surface area contributed by atoms with Crippen molar-refractivity contribution in [1.82, 2.24) is 20.0 Å². The van der Waals surface area contributed by atoms with Gasteiger partial charge < -0.3 is 14.2 Å². The first kappa shape index (κ1) is 18.6. The molecule has 0 spiro atoms. The van der Waals surface area contributed by atoms with E-state index < -0.39 is 0 Å². The SMILES string of the molecule is CCc1nc(CN(C)C(=O)c2ccc(-c3cnc(OC)cc3C)cc2)no1. The van der Waals surface area contributed by atoms with Crippen LogP contribution in [0.15, 0.2) is 41.1 Å². The summed E-state index contributed by atoms with van der Waals surface area (Å²) in [4.78, 5) is 22.7. The van der Waals surface area contributed by atoms with Crippen molar-refractivity contribution in [2.75, 3.05) is 14.2 Å². The van der Waals surface area contributed by atoms with E-state index in [0.717, 1.165) is 16.7 Å². The van der Waals surface area contributed by atoms with Crippen molar-refractivity contribution in [1.29, 1.82) is 0 Å². The van der Waals surface area contributed by atoms with Gasteiger partial charge in [-0.2, -0.15) is 4.98 Å².